The lowest BCUT2D eigenvalue weighted by molar-refractivity contribution is -0.384. The highest BCUT2D eigenvalue weighted by Crippen LogP contribution is 2.28. The minimum absolute atomic E-state index is 0.0901. The maximum absolute atomic E-state index is 12.1. The summed E-state index contributed by atoms with van der Waals surface area (Å²) >= 11 is 0. The lowest BCUT2D eigenvalue weighted by Crippen LogP contribution is -2.51. The van der Waals surface area contributed by atoms with Crippen LogP contribution in [0.2, 0.25) is 0 Å². The molecule has 1 aromatic rings. The maximum Gasteiger partial charge on any atom is 0.321 e. The third-order valence-electron chi connectivity index (χ3n) is 5.10. The van der Waals surface area contributed by atoms with Gasteiger partial charge in [-0.25, -0.2) is 4.79 Å². The molecule has 0 radical (unpaired) electrons. The largest absolute Gasteiger partial charge is 0.363 e. The van der Waals surface area contributed by atoms with Crippen LogP contribution >= 0.6 is 0 Å². The Morgan fingerprint density at radius 3 is 2.44 bits per heavy atom. The number of amides is 3. The van der Waals surface area contributed by atoms with E-state index in [1.165, 1.54) is 6.07 Å². The normalized spacial score (nSPS) is 18.3. The van der Waals surface area contributed by atoms with Gasteiger partial charge in [-0.05, 0) is 18.9 Å². The summed E-state index contributed by atoms with van der Waals surface area (Å²) in [5.74, 6) is -0.329. The smallest absolute Gasteiger partial charge is 0.321 e. The Morgan fingerprint density at radius 1 is 1.11 bits per heavy atom. The molecule has 2 aliphatic rings. The molecule has 9 nitrogen and oxygen atoms in total. The molecule has 9 heteroatoms. The van der Waals surface area contributed by atoms with Gasteiger partial charge in [-0.3, -0.25) is 25.1 Å². The van der Waals surface area contributed by atoms with Crippen LogP contribution in [0.3, 0.4) is 0 Å². The number of rotatable bonds is 5. The number of urea groups is 1. The van der Waals surface area contributed by atoms with Crippen LogP contribution in [0.25, 0.3) is 0 Å². The van der Waals surface area contributed by atoms with Crippen LogP contribution in [0.15, 0.2) is 24.3 Å². The average Bonchev–Trinajstić information content (AvgIpc) is 3.15. The summed E-state index contributed by atoms with van der Waals surface area (Å²) in [7, 11) is 0. The molecule has 0 spiro atoms. The highest BCUT2D eigenvalue weighted by Gasteiger charge is 2.25. The van der Waals surface area contributed by atoms with E-state index in [-0.39, 0.29) is 29.1 Å². The van der Waals surface area contributed by atoms with Crippen LogP contribution in [0.1, 0.15) is 25.7 Å². The van der Waals surface area contributed by atoms with Crippen molar-refractivity contribution in [3.8, 4) is 0 Å². The second kappa shape index (κ2) is 8.81. The van der Waals surface area contributed by atoms with Gasteiger partial charge in [-0.15, -0.1) is 0 Å². The monoisotopic (exact) mass is 375 g/mol. The number of imide groups is 1. The average molecular weight is 375 g/mol. The molecule has 1 aliphatic heterocycles. The molecule has 3 rings (SSSR count). The Labute approximate surface area is 157 Å². The lowest BCUT2D eigenvalue weighted by atomic mass is 10.2. The minimum Gasteiger partial charge on any atom is -0.363 e. The number of anilines is 1. The minimum atomic E-state index is -0.426. The zero-order valence-electron chi connectivity index (χ0n) is 15.2. The van der Waals surface area contributed by atoms with Crippen molar-refractivity contribution in [1.82, 2.24) is 15.5 Å². The third kappa shape index (κ3) is 5.16. The molecule has 27 heavy (non-hydrogen) atoms. The SMILES string of the molecule is O=C(CN1CCN(c2ccccc2[N+](=O)[O-])CC1)NC(=O)NC1CCCC1. The fraction of sp³-hybridized carbons (Fsp3) is 0.556. The summed E-state index contributed by atoms with van der Waals surface area (Å²) in [6.45, 7) is 2.52. The van der Waals surface area contributed by atoms with Gasteiger partial charge in [0, 0.05) is 38.3 Å². The fourth-order valence-corrected chi connectivity index (χ4v) is 3.69. The van der Waals surface area contributed by atoms with E-state index in [1.54, 1.807) is 18.2 Å². The van der Waals surface area contributed by atoms with E-state index in [4.69, 9.17) is 0 Å². The first-order chi connectivity index (χ1) is 13.0. The number of nitro groups is 1. The van der Waals surface area contributed by atoms with E-state index >= 15 is 0 Å². The van der Waals surface area contributed by atoms with Gasteiger partial charge < -0.3 is 10.2 Å². The first-order valence-corrected chi connectivity index (χ1v) is 9.34. The second-order valence-electron chi connectivity index (χ2n) is 7.01. The number of piperazine rings is 1. The number of nitrogens with one attached hydrogen (secondary N) is 2. The molecule has 2 N–H and O–H groups in total. The van der Waals surface area contributed by atoms with Crippen LogP contribution < -0.4 is 15.5 Å². The van der Waals surface area contributed by atoms with Crippen molar-refractivity contribution in [2.24, 2.45) is 0 Å². The van der Waals surface area contributed by atoms with Gasteiger partial charge in [-0.1, -0.05) is 25.0 Å². The number of nitro benzene ring substituents is 1. The molecule has 3 amide bonds. The van der Waals surface area contributed by atoms with E-state index in [0.717, 1.165) is 25.7 Å². The standard InChI is InChI=1S/C18H25N5O4/c24-17(20-18(25)19-14-5-1-2-6-14)13-21-9-11-22(12-10-21)15-7-3-4-8-16(15)23(26)27/h3-4,7-8,14H,1-2,5-6,9-13H2,(H2,19,20,24,25). The van der Waals surface area contributed by atoms with Crippen LogP contribution in [0.4, 0.5) is 16.2 Å². The number of para-hydroxylation sites is 2. The molecule has 0 aromatic heterocycles. The summed E-state index contributed by atoms with van der Waals surface area (Å²) in [4.78, 5) is 38.6. The zero-order valence-corrected chi connectivity index (χ0v) is 15.2. The predicted molar refractivity (Wildman–Crippen MR) is 101 cm³/mol. The van der Waals surface area contributed by atoms with Crippen molar-refractivity contribution < 1.29 is 14.5 Å². The number of hydrogen-bond donors (Lipinski definition) is 2. The maximum atomic E-state index is 12.1. The second-order valence-corrected chi connectivity index (χ2v) is 7.01. The summed E-state index contributed by atoms with van der Waals surface area (Å²) in [6, 6.07) is 6.42. The summed E-state index contributed by atoms with van der Waals surface area (Å²) in [6.07, 6.45) is 4.16. The van der Waals surface area contributed by atoms with E-state index in [9.17, 15) is 19.7 Å². The van der Waals surface area contributed by atoms with E-state index < -0.39 is 6.03 Å². The van der Waals surface area contributed by atoms with Crippen LogP contribution in [0, 0.1) is 10.1 Å². The molecule has 1 saturated carbocycles. The third-order valence-corrected chi connectivity index (χ3v) is 5.10. The van der Waals surface area contributed by atoms with Crippen molar-refractivity contribution >= 4 is 23.3 Å². The van der Waals surface area contributed by atoms with E-state index in [0.29, 0.717) is 31.9 Å². The topological polar surface area (TPSA) is 108 Å². The summed E-state index contributed by atoms with van der Waals surface area (Å²) in [5.41, 5.74) is 0.690. The van der Waals surface area contributed by atoms with Crippen molar-refractivity contribution in [3.63, 3.8) is 0 Å². The Hall–Kier alpha value is -2.68. The Balaban J connectivity index is 1.44. The molecule has 0 bridgehead atoms. The number of hydrogen-bond acceptors (Lipinski definition) is 6. The molecule has 1 saturated heterocycles. The number of benzene rings is 1. The molecule has 2 fully saturated rings. The van der Waals surface area contributed by atoms with Crippen LogP contribution in [-0.2, 0) is 4.79 Å². The zero-order chi connectivity index (χ0) is 19.2. The quantitative estimate of drug-likeness (QED) is 0.596. The molecule has 146 valence electrons. The molecular formula is C18H25N5O4. The number of carbonyl (C=O) groups is 2. The van der Waals surface area contributed by atoms with E-state index in [2.05, 4.69) is 10.6 Å². The summed E-state index contributed by atoms with van der Waals surface area (Å²) < 4.78 is 0. The summed E-state index contributed by atoms with van der Waals surface area (Å²) in [5, 5.41) is 16.4. The Bertz CT molecular complexity index is 697. The van der Waals surface area contributed by atoms with Gasteiger partial charge in [0.05, 0.1) is 11.5 Å². The fourth-order valence-electron chi connectivity index (χ4n) is 3.69. The molecule has 0 unspecified atom stereocenters. The van der Waals surface area contributed by atoms with Gasteiger partial charge in [-0.2, -0.15) is 0 Å². The van der Waals surface area contributed by atoms with Crippen molar-refractivity contribution in [2.45, 2.75) is 31.7 Å². The molecule has 0 atom stereocenters. The first-order valence-electron chi connectivity index (χ1n) is 9.34. The highest BCUT2D eigenvalue weighted by atomic mass is 16.6. The number of nitrogens with zero attached hydrogens (tertiary/aromatic N) is 3. The Kier molecular flexibility index (Phi) is 6.23. The molecular weight excluding hydrogens is 350 g/mol. The van der Waals surface area contributed by atoms with Crippen LogP contribution in [-0.4, -0.2) is 60.5 Å². The van der Waals surface area contributed by atoms with Crippen molar-refractivity contribution in [1.29, 1.82) is 0 Å². The molecule has 1 aromatic carbocycles. The van der Waals surface area contributed by atoms with Gasteiger partial charge >= 0.3 is 6.03 Å². The first kappa shape index (κ1) is 19.1. The number of carbonyl (C=O) groups excluding carboxylic acids is 2. The highest BCUT2D eigenvalue weighted by molar-refractivity contribution is 5.95. The van der Waals surface area contributed by atoms with E-state index in [1.807, 2.05) is 9.80 Å². The van der Waals surface area contributed by atoms with Gasteiger partial charge in [0.1, 0.15) is 5.69 Å². The predicted octanol–water partition coefficient (Wildman–Crippen LogP) is 1.49. The van der Waals surface area contributed by atoms with Crippen LogP contribution in [0.5, 0.6) is 0 Å². The van der Waals surface area contributed by atoms with Gasteiger partial charge in [0.15, 0.2) is 0 Å². The lowest BCUT2D eigenvalue weighted by Gasteiger charge is -2.35. The van der Waals surface area contributed by atoms with Crippen molar-refractivity contribution in [2.75, 3.05) is 37.6 Å². The van der Waals surface area contributed by atoms with Gasteiger partial charge in [0.25, 0.3) is 5.69 Å². The Morgan fingerprint density at radius 2 is 1.78 bits per heavy atom. The van der Waals surface area contributed by atoms with Gasteiger partial charge in [0.2, 0.25) is 5.91 Å². The molecule has 1 aliphatic carbocycles. The molecule has 1 heterocycles. The van der Waals surface area contributed by atoms with Crippen molar-refractivity contribution in [3.05, 3.63) is 34.4 Å².